The van der Waals surface area contributed by atoms with Crippen molar-refractivity contribution >= 4 is 5.91 Å². The molecule has 0 atom stereocenters. The van der Waals surface area contributed by atoms with E-state index in [1.165, 1.54) is 6.07 Å². The fourth-order valence-electron chi connectivity index (χ4n) is 2.05. The summed E-state index contributed by atoms with van der Waals surface area (Å²) in [6.45, 7) is 1.83. The third kappa shape index (κ3) is 3.03. The molecule has 0 aromatic heterocycles. The van der Waals surface area contributed by atoms with Crippen LogP contribution < -0.4 is 11.1 Å². The second kappa shape index (κ2) is 5.41. The summed E-state index contributed by atoms with van der Waals surface area (Å²) >= 11 is 0. The van der Waals surface area contributed by atoms with Crippen LogP contribution in [0.15, 0.2) is 18.2 Å². The van der Waals surface area contributed by atoms with Crippen molar-refractivity contribution in [2.75, 3.05) is 6.54 Å². The molecule has 0 saturated heterocycles. The van der Waals surface area contributed by atoms with Gasteiger partial charge in [0.1, 0.15) is 5.54 Å². The summed E-state index contributed by atoms with van der Waals surface area (Å²) in [4.78, 5) is 12.1. The molecule has 2 rings (SSSR count). The molecule has 1 amide bonds. The molecule has 1 aromatic rings. The van der Waals surface area contributed by atoms with Gasteiger partial charge < -0.3 is 11.1 Å². The van der Waals surface area contributed by atoms with Crippen molar-refractivity contribution in [3.8, 4) is 11.8 Å². The van der Waals surface area contributed by atoms with E-state index in [0.717, 1.165) is 0 Å². The SMILES string of the molecule is Cc1c(C#CCN)cccc1C(=O)NC1(C(F)(F)F)CC1. The number of benzene rings is 1. The number of hydrogen-bond donors (Lipinski definition) is 2. The van der Waals surface area contributed by atoms with E-state index in [2.05, 4.69) is 17.2 Å². The predicted molar refractivity (Wildman–Crippen MR) is 72.6 cm³/mol. The molecule has 3 nitrogen and oxygen atoms in total. The fourth-order valence-corrected chi connectivity index (χ4v) is 2.05. The first kappa shape index (κ1) is 15.4. The van der Waals surface area contributed by atoms with Crippen molar-refractivity contribution < 1.29 is 18.0 Å². The van der Waals surface area contributed by atoms with E-state index >= 15 is 0 Å². The maximum Gasteiger partial charge on any atom is 0.411 e. The molecule has 0 bridgehead atoms. The van der Waals surface area contributed by atoms with Gasteiger partial charge >= 0.3 is 6.18 Å². The number of carbonyl (C=O) groups is 1. The monoisotopic (exact) mass is 296 g/mol. The lowest BCUT2D eigenvalue weighted by molar-refractivity contribution is -0.163. The van der Waals surface area contributed by atoms with Crippen LogP contribution in [-0.2, 0) is 0 Å². The van der Waals surface area contributed by atoms with Gasteiger partial charge in [-0.25, -0.2) is 0 Å². The molecule has 1 fully saturated rings. The fraction of sp³-hybridized carbons (Fsp3) is 0.400. The van der Waals surface area contributed by atoms with Crippen molar-refractivity contribution in [1.82, 2.24) is 5.32 Å². The van der Waals surface area contributed by atoms with E-state index in [4.69, 9.17) is 5.73 Å². The molecule has 1 saturated carbocycles. The summed E-state index contributed by atoms with van der Waals surface area (Å²) in [5.74, 6) is 4.74. The van der Waals surface area contributed by atoms with Crippen LogP contribution in [0.4, 0.5) is 13.2 Å². The first-order valence-electron chi connectivity index (χ1n) is 6.48. The molecule has 0 heterocycles. The van der Waals surface area contributed by atoms with E-state index in [9.17, 15) is 18.0 Å². The zero-order valence-corrected chi connectivity index (χ0v) is 11.5. The quantitative estimate of drug-likeness (QED) is 0.822. The Morgan fingerprint density at radius 3 is 2.62 bits per heavy atom. The van der Waals surface area contributed by atoms with Gasteiger partial charge in [-0.15, -0.1) is 0 Å². The second-order valence-electron chi connectivity index (χ2n) is 5.02. The third-order valence-corrected chi connectivity index (χ3v) is 3.55. The van der Waals surface area contributed by atoms with Crippen LogP contribution in [0.25, 0.3) is 0 Å². The number of nitrogens with two attached hydrogens (primary N) is 1. The van der Waals surface area contributed by atoms with Crippen molar-refractivity contribution in [1.29, 1.82) is 0 Å². The van der Waals surface area contributed by atoms with E-state index in [0.29, 0.717) is 11.1 Å². The van der Waals surface area contributed by atoms with Crippen LogP contribution in [0.5, 0.6) is 0 Å². The van der Waals surface area contributed by atoms with Gasteiger partial charge in [-0.1, -0.05) is 17.9 Å². The Morgan fingerprint density at radius 1 is 1.43 bits per heavy atom. The normalized spacial score (nSPS) is 15.9. The summed E-state index contributed by atoms with van der Waals surface area (Å²) in [6, 6.07) is 4.78. The number of carbonyl (C=O) groups excluding carboxylic acids is 1. The van der Waals surface area contributed by atoms with Crippen LogP contribution >= 0.6 is 0 Å². The largest absolute Gasteiger partial charge is 0.411 e. The van der Waals surface area contributed by atoms with Crippen molar-refractivity contribution in [3.63, 3.8) is 0 Å². The summed E-state index contributed by atoms with van der Waals surface area (Å²) in [6.07, 6.45) is -4.57. The molecular weight excluding hydrogens is 281 g/mol. The zero-order chi connectivity index (χ0) is 15.7. The lowest BCUT2D eigenvalue weighted by Gasteiger charge is -2.21. The minimum Gasteiger partial charge on any atom is -0.338 e. The van der Waals surface area contributed by atoms with Crippen molar-refractivity contribution in [2.45, 2.75) is 31.5 Å². The Bertz CT molecular complexity index is 622. The second-order valence-corrected chi connectivity index (χ2v) is 5.02. The van der Waals surface area contributed by atoms with Crippen LogP contribution in [-0.4, -0.2) is 24.2 Å². The highest BCUT2D eigenvalue weighted by atomic mass is 19.4. The Labute approximate surface area is 120 Å². The average Bonchev–Trinajstić information content (AvgIpc) is 3.18. The maximum atomic E-state index is 12.9. The lowest BCUT2D eigenvalue weighted by atomic mass is 10.0. The minimum absolute atomic E-state index is 0.0754. The van der Waals surface area contributed by atoms with E-state index in [-0.39, 0.29) is 24.9 Å². The number of nitrogens with one attached hydrogen (secondary N) is 1. The van der Waals surface area contributed by atoms with Gasteiger partial charge in [0.05, 0.1) is 6.54 Å². The van der Waals surface area contributed by atoms with Gasteiger partial charge in [-0.3, -0.25) is 4.79 Å². The summed E-state index contributed by atoms with van der Waals surface area (Å²) < 4.78 is 38.6. The predicted octanol–water partition coefficient (Wildman–Crippen LogP) is 2.13. The third-order valence-electron chi connectivity index (χ3n) is 3.55. The Kier molecular flexibility index (Phi) is 3.97. The molecule has 1 aliphatic rings. The molecule has 0 unspecified atom stereocenters. The Balaban J connectivity index is 2.25. The highest BCUT2D eigenvalue weighted by molar-refractivity contribution is 5.97. The maximum absolute atomic E-state index is 12.9. The van der Waals surface area contributed by atoms with Gasteiger partial charge in [-0.2, -0.15) is 13.2 Å². The topological polar surface area (TPSA) is 55.1 Å². The Hall–Kier alpha value is -2.00. The highest BCUT2D eigenvalue weighted by Crippen LogP contribution is 2.49. The minimum atomic E-state index is -4.42. The highest BCUT2D eigenvalue weighted by Gasteiger charge is 2.64. The standard InChI is InChI=1S/C15H15F3N2O/c1-10-11(5-3-9-19)4-2-6-12(10)13(21)20-14(7-8-14)15(16,17)18/h2,4,6H,7-9,19H2,1H3,(H,20,21). The summed E-state index contributed by atoms with van der Waals surface area (Å²) in [5.41, 5.74) is 4.57. The number of amides is 1. The van der Waals surface area contributed by atoms with E-state index in [1.54, 1.807) is 19.1 Å². The van der Waals surface area contributed by atoms with Gasteiger partial charge in [0.25, 0.3) is 5.91 Å². The summed E-state index contributed by atoms with van der Waals surface area (Å²) in [7, 11) is 0. The first-order valence-corrected chi connectivity index (χ1v) is 6.48. The van der Waals surface area contributed by atoms with Crippen molar-refractivity contribution in [2.24, 2.45) is 5.73 Å². The molecule has 6 heteroatoms. The van der Waals surface area contributed by atoms with Crippen LogP contribution in [0.2, 0.25) is 0 Å². The molecular formula is C15H15F3N2O. The van der Waals surface area contributed by atoms with E-state index < -0.39 is 17.6 Å². The molecule has 0 radical (unpaired) electrons. The Morgan fingerprint density at radius 2 is 2.10 bits per heavy atom. The van der Waals surface area contributed by atoms with Gasteiger partial charge in [-0.05, 0) is 37.5 Å². The molecule has 1 aliphatic carbocycles. The molecule has 1 aromatic carbocycles. The number of rotatable bonds is 2. The van der Waals surface area contributed by atoms with Gasteiger partial charge in [0, 0.05) is 11.1 Å². The van der Waals surface area contributed by atoms with Gasteiger partial charge in [0.15, 0.2) is 0 Å². The zero-order valence-electron chi connectivity index (χ0n) is 11.5. The number of halogens is 3. The average molecular weight is 296 g/mol. The summed E-state index contributed by atoms with van der Waals surface area (Å²) in [5, 5.41) is 2.11. The van der Waals surface area contributed by atoms with Crippen molar-refractivity contribution in [3.05, 3.63) is 34.9 Å². The van der Waals surface area contributed by atoms with Crippen LogP contribution in [0.1, 0.15) is 34.3 Å². The molecule has 112 valence electrons. The lowest BCUT2D eigenvalue weighted by Crippen LogP contribution is -2.48. The van der Waals surface area contributed by atoms with Gasteiger partial charge in [0.2, 0.25) is 0 Å². The smallest absolute Gasteiger partial charge is 0.338 e. The molecule has 0 spiro atoms. The van der Waals surface area contributed by atoms with Crippen LogP contribution in [0, 0.1) is 18.8 Å². The number of alkyl halides is 3. The number of hydrogen-bond acceptors (Lipinski definition) is 2. The van der Waals surface area contributed by atoms with Crippen LogP contribution in [0.3, 0.4) is 0 Å². The molecule has 3 N–H and O–H groups in total. The van der Waals surface area contributed by atoms with E-state index in [1.807, 2.05) is 0 Å². The first-order chi connectivity index (χ1) is 9.81. The molecule has 0 aliphatic heterocycles. The molecule has 21 heavy (non-hydrogen) atoms.